The largest absolute Gasteiger partial charge is 0.450 e. The Morgan fingerprint density at radius 1 is 1.07 bits per heavy atom. The minimum absolute atomic E-state index is 0.108. The number of likely N-dealkylation sites (tertiary alicyclic amines) is 1. The third kappa shape index (κ3) is 6.70. The number of benzene rings is 1. The van der Waals surface area contributed by atoms with Crippen molar-refractivity contribution < 1.29 is 9.53 Å². The summed E-state index contributed by atoms with van der Waals surface area (Å²) >= 11 is 0. The molecule has 3 fully saturated rings. The van der Waals surface area contributed by atoms with E-state index in [0.717, 1.165) is 107 Å². The summed E-state index contributed by atoms with van der Waals surface area (Å²) in [5, 5.41) is 6.79. The van der Waals surface area contributed by atoms with Gasteiger partial charge in [-0.1, -0.05) is 13.0 Å². The molecular formula is C34H47N9O3. The molecule has 1 saturated carbocycles. The molecule has 3 aliphatic heterocycles. The predicted octanol–water partition coefficient (Wildman–Crippen LogP) is 3.78. The van der Waals surface area contributed by atoms with Crippen LogP contribution in [0.25, 0.3) is 0 Å². The molecule has 0 atom stereocenters. The molecule has 3 aromatic rings. The smallest absolute Gasteiger partial charge is 0.350 e. The van der Waals surface area contributed by atoms with Crippen molar-refractivity contribution in [2.45, 2.75) is 95.3 Å². The summed E-state index contributed by atoms with van der Waals surface area (Å²) in [6.07, 6.45) is 12.0. The number of nitrogens with two attached hydrogens (primary N) is 1. The first-order chi connectivity index (χ1) is 22.4. The molecule has 1 aromatic carbocycles. The first-order valence-corrected chi connectivity index (χ1v) is 17.2. The Hall–Kier alpha value is -3.74. The molecule has 12 heteroatoms. The molecule has 7 rings (SSSR count). The number of hydrogen-bond acceptors (Lipinski definition) is 9. The van der Waals surface area contributed by atoms with Crippen LogP contribution < -0.4 is 26.8 Å². The number of aromatic nitrogens is 4. The number of fused-ring (bicyclic) bond motifs is 2. The van der Waals surface area contributed by atoms with Gasteiger partial charge in [0.15, 0.2) is 17.3 Å². The van der Waals surface area contributed by atoms with Crippen LogP contribution in [0.15, 0.2) is 35.4 Å². The lowest BCUT2D eigenvalue weighted by atomic mass is 9.89. The highest BCUT2D eigenvalue weighted by Crippen LogP contribution is 2.43. The number of rotatable bonds is 8. The fourth-order valence-electron chi connectivity index (χ4n) is 7.59. The van der Waals surface area contributed by atoms with Gasteiger partial charge in [0.1, 0.15) is 5.82 Å². The lowest BCUT2D eigenvalue weighted by Gasteiger charge is -2.37. The van der Waals surface area contributed by atoms with Crippen molar-refractivity contribution in [3.63, 3.8) is 0 Å². The van der Waals surface area contributed by atoms with Gasteiger partial charge in [-0.25, -0.2) is 9.78 Å². The van der Waals surface area contributed by atoms with Gasteiger partial charge >= 0.3 is 5.69 Å². The minimum atomic E-state index is -0.258. The summed E-state index contributed by atoms with van der Waals surface area (Å²) in [6, 6.07) is 6.87. The van der Waals surface area contributed by atoms with Crippen LogP contribution in [-0.2, 0) is 17.8 Å². The zero-order valence-electron chi connectivity index (χ0n) is 26.8. The van der Waals surface area contributed by atoms with E-state index in [1.54, 1.807) is 10.8 Å². The number of piperidine rings is 2. The number of anilines is 2. The van der Waals surface area contributed by atoms with Gasteiger partial charge in [-0.15, -0.1) is 0 Å². The average Bonchev–Trinajstić information content (AvgIpc) is 3.55. The van der Waals surface area contributed by atoms with E-state index in [1.807, 2.05) is 12.3 Å². The normalized spacial score (nSPS) is 22.4. The van der Waals surface area contributed by atoms with Gasteiger partial charge in [-0.3, -0.25) is 14.3 Å². The minimum Gasteiger partial charge on any atom is -0.450 e. The molecule has 2 saturated heterocycles. The number of carbonyl (C=O) groups excluding carboxylic acids is 1. The molecule has 5 heterocycles. The Balaban J connectivity index is 0.969. The zero-order chi connectivity index (χ0) is 31.6. The third-order valence-corrected chi connectivity index (χ3v) is 10.4. The monoisotopic (exact) mass is 629 g/mol. The molecule has 0 unspecified atom stereocenters. The number of H-pyrrole nitrogens is 1. The highest BCUT2D eigenvalue weighted by atomic mass is 16.5. The van der Waals surface area contributed by atoms with Crippen LogP contribution in [0.4, 0.5) is 11.5 Å². The fourth-order valence-corrected chi connectivity index (χ4v) is 7.59. The molecule has 1 amide bonds. The summed E-state index contributed by atoms with van der Waals surface area (Å²) in [4.78, 5) is 43.2. The van der Waals surface area contributed by atoms with Crippen LogP contribution in [0.2, 0.25) is 0 Å². The molecule has 0 radical (unpaired) electrons. The standard InChI is InChI=1S/C34H47N9O3/c1-2-31-37-18-25(38-31)19-42(27-9-13-36-14-10-27)32(44)21-41-15-11-22(12-16-41)23-3-8-29-28(17-23)39-33-30(46-29)20-43(34(45)40-33)26-6-4-24(35)5-7-26/h3,8,17-18,20,22,24,26-27,36H,2,4-7,9-16,19,21,35H2,1H3,(H,37,38)(H,39,40,45). The first kappa shape index (κ1) is 30.9. The van der Waals surface area contributed by atoms with E-state index in [9.17, 15) is 9.59 Å². The summed E-state index contributed by atoms with van der Waals surface area (Å²) in [5.41, 5.74) is 8.89. The van der Waals surface area contributed by atoms with Gasteiger partial charge in [-0.2, -0.15) is 4.98 Å². The van der Waals surface area contributed by atoms with Gasteiger partial charge in [0.05, 0.1) is 36.9 Å². The van der Waals surface area contributed by atoms with Crippen molar-refractivity contribution in [1.82, 2.24) is 34.6 Å². The Morgan fingerprint density at radius 3 is 2.59 bits per heavy atom. The molecule has 246 valence electrons. The van der Waals surface area contributed by atoms with Crippen LogP contribution in [0.1, 0.15) is 87.3 Å². The quantitative estimate of drug-likeness (QED) is 0.229. The van der Waals surface area contributed by atoms with Crippen molar-refractivity contribution in [3.8, 4) is 11.5 Å². The van der Waals surface area contributed by atoms with Crippen molar-refractivity contribution in [2.75, 3.05) is 38.0 Å². The van der Waals surface area contributed by atoms with Gasteiger partial charge in [0, 0.05) is 24.5 Å². The van der Waals surface area contributed by atoms with Crippen LogP contribution in [0, 0.1) is 0 Å². The van der Waals surface area contributed by atoms with E-state index < -0.39 is 0 Å². The lowest BCUT2D eigenvalue weighted by Crippen LogP contribution is -2.49. The molecule has 1 aliphatic carbocycles. The summed E-state index contributed by atoms with van der Waals surface area (Å²) in [6.45, 7) is 6.74. The van der Waals surface area contributed by atoms with E-state index in [4.69, 9.17) is 10.5 Å². The second kappa shape index (κ2) is 13.5. The number of carbonyl (C=O) groups is 1. The number of hydrogen-bond donors (Lipinski definition) is 4. The van der Waals surface area contributed by atoms with E-state index in [-0.39, 0.29) is 29.7 Å². The van der Waals surface area contributed by atoms with Gasteiger partial charge in [0.2, 0.25) is 5.91 Å². The summed E-state index contributed by atoms with van der Waals surface area (Å²) in [7, 11) is 0. The van der Waals surface area contributed by atoms with E-state index in [1.165, 1.54) is 5.56 Å². The number of amides is 1. The molecule has 0 spiro atoms. The van der Waals surface area contributed by atoms with E-state index >= 15 is 0 Å². The Bertz CT molecular complexity index is 1580. The van der Waals surface area contributed by atoms with Crippen LogP contribution >= 0.6 is 0 Å². The fraction of sp³-hybridized carbons (Fsp3) is 0.588. The average molecular weight is 630 g/mol. The molecular weight excluding hydrogens is 582 g/mol. The zero-order valence-corrected chi connectivity index (χ0v) is 26.8. The summed E-state index contributed by atoms with van der Waals surface area (Å²) in [5.74, 6) is 3.32. The van der Waals surface area contributed by atoms with E-state index in [2.05, 4.69) is 54.4 Å². The third-order valence-electron chi connectivity index (χ3n) is 10.4. The van der Waals surface area contributed by atoms with Crippen LogP contribution in [0.5, 0.6) is 11.5 Å². The molecule has 5 N–H and O–H groups in total. The SMILES string of the molecule is CCc1ncc(CN(C(=O)CN2CCC(c3ccc4c(c3)Nc3nc(=O)n(C5CCC(N)CC5)cc3O4)CC2)C2CCNCC2)[nH]1. The van der Waals surface area contributed by atoms with Crippen molar-refractivity contribution in [3.05, 3.63) is 58.2 Å². The number of aryl methyl sites for hydroxylation is 1. The number of nitrogens with one attached hydrogen (secondary N) is 3. The maximum atomic E-state index is 13.7. The van der Waals surface area contributed by atoms with Crippen LogP contribution in [-0.4, -0.2) is 80.0 Å². The number of nitrogens with zero attached hydrogens (tertiary/aromatic N) is 5. The van der Waals surface area contributed by atoms with Gasteiger partial charge in [-0.05, 0) is 101 Å². The first-order valence-electron chi connectivity index (χ1n) is 17.2. The Morgan fingerprint density at radius 2 is 1.85 bits per heavy atom. The number of imidazole rings is 1. The molecule has 46 heavy (non-hydrogen) atoms. The van der Waals surface area contributed by atoms with Crippen molar-refractivity contribution >= 4 is 17.4 Å². The number of aromatic amines is 1. The topological polar surface area (TPSA) is 146 Å². The van der Waals surface area contributed by atoms with Crippen molar-refractivity contribution in [2.24, 2.45) is 5.73 Å². The molecule has 2 aromatic heterocycles. The Labute approximate surface area is 270 Å². The van der Waals surface area contributed by atoms with E-state index in [0.29, 0.717) is 30.6 Å². The van der Waals surface area contributed by atoms with Gasteiger partial charge < -0.3 is 31.0 Å². The highest BCUT2D eigenvalue weighted by molar-refractivity contribution is 5.78. The maximum Gasteiger partial charge on any atom is 0.350 e. The molecule has 4 aliphatic rings. The highest BCUT2D eigenvalue weighted by Gasteiger charge is 2.30. The second-order valence-corrected chi connectivity index (χ2v) is 13.5. The van der Waals surface area contributed by atoms with Gasteiger partial charge in [0.25, 0.3) is 0 Å². The second-order valence-electron chi connectivity index (χ2n) is 13.5. The molecule has 12 nitrogen and oxygen atoms in total. The maximum absolute atomic E-state index is 13.7. The predicted molar refractivity (Wildman–Crippen MR) is 177 cm³/mol. The lowest BCUT2D eigenvalue weighted by molar-refractivity contribution is -0.136. The molecule has 0 bridgehead atoms. The Kier molecular flexibility index (Phi) is 9.10. The van der Waals surface area contributed by atoms with Crippen LogP contribution in [0.3, 0.4) is 0 Å². The number of ether oxygens (including phenoxy) is 1. The van der Waals surface area contributed by atoms with Crippen molar-refractivity contribution in [1.29, 1.82) is 0 Å². The summed E-state index contributed by atoms with van der Waals surface area (Å²) < 4.78 is 7.96.